The third-order valence-corrected chi connectivity index (χ3v) is 6.88. The van der Waals surface area contributed by atoms with Gasteiger partial charge in [-0.05, 0) is 37.6 Å². The molecular weight excluding hydrogens is 382 g/mol. The average molecular weight is 406 g/mol. The van der Waals surface area contributed by atoms with Crippen molar-refractivity contribution in [3.8, 4) is 0 Å². The zero-order valence-electron chi connectivity index (χ0n) is 14.5. The average Bonchev–Trinajstić information content (AvgIpc) is 2.60. The topological polar surface area (TPSA) is 60.9 Å². The van der Waals surface area contributed by atoms with Gasteiger partial charge in [-0.15, -0.1) is 0 Å². The molecule has 0 radical (unpaired) electrons. The molecule has 2 rings (SSSR count). The van der Waals surface area contributed by atoms with Crippen molar-refractivity contribution < 1.29 is 13.2 Å². The molecule has 9 heteroatoms. The number of hydrogen-bond donors (Lipinski definition) is 0. The number of carbonyl (C=O) groups is 1. The number of hydrogen-bond acceptors (Lipinski definition) is 5. The Labute approximate surface area is 159 Å². The van der Waals surface area contributed by atoms with Gasteiger partial charge >= 0.3 is 0 Å². The molecule has 0 aliphatic carbocycles. The van der Waals surface area contributed by atoms with Crippen molar-refractivity contribution >= 4 is 39.3 Å². The van der Waals surface area contributed by atoms with Crippen LogP contribution in [-0.4, -0.2) is 86.8 Å². The molecule has 1 saturated heterocycles. The summed E-state index contributed by atoms with van der Waals surface area (Å²) >= 11 is 7.56. The maximum atomic E-state index is 12.6. The molecule has 1 amide bonds. The fraction of sp³-hybridized carbons (Fsp3) is 0.562. The molecule has 25 heavy (non-hydrogen) atoms. The summed E-state index contributed by atoms with van der Waals surface area (Å²) in [6.07, 6.45) is 2.04. The van der Waals surface area contributed by atoms with Gasteiger partial charge in [0.25, 0.3) is 0 Å². The number of likely N-dealkylation sites (N-methyl/N-ethyl adjacent to an activating group) is 1. The molecule has 0 saturated carbocycles. The second-order valence-corrected chi connectivity index (χ2v) is 9.33. The Bertz CT molecular complexity index is 674. The van der Waals surface area contributed by atoms with E-state index in [2.05, 4.69) is 0 Å². The van der Waals surface area contributed by atoms with Crippen molar-refractivity contribution in [2.45, 2.75) is 4.90 Å². The predicted molar refractivity (Wildman–Crippen MR) is 103 cm³/mol. The van der Waals surface area contributed by atoms with E-state index in [-0.39, 0.29) is 10.8 Å². The maximum Gasteiger partial charge on any atom is 0.243 e. The summed E-state index contributed by atoms with van der Waals surface area (Å²) in [6, 6.07) is 6.16. The van der Waals surface area contributed by atoms with E-state index < -0.39 is 10.0 Å². The summed E-state index contributed by atoms with van der Waals surface area (Å²) < 4.78 is 26.7. The van der Waals surface area contributed by atoms with Crippen molar-refractivity contribution in [1.29, 1.82) is 0 Å². The van der Waals surface area contributed by atoms with Gasteiger partial charge in [0, 0.05) is 43.5 Å². The van der Waals surface area contributed by atoms with E-state index in [9.17, 15) is 13.2 Å². The van der Waals surface area contributed by atoms with Gasteiger partial charge < -0.3 is 4.90 Å². The maximum absolute atomic E-state index is 12.6. The second kappa shape index (κ2) is 9.23. The highest BCUT2D eigenvalue weighted by atomic mass is 35.5. The van der Waals surface area contributed by atoms with Crippen LogP contribution in [0.5, 0.6) is 0 Å². The van der Waals surface area contributed by atoms with E-state index in [1.54, 1.807) is 28.8 Å². The van der Waals surface area contributed by atoms with E-state index in [0.29, 0.717) is 37.7 Å². The van der Waals surface area contributed by atoms with Crippen molar-refractivity contribution in [1.82, 2.24) is 14.1 Å². The Morgan fingerprint density at radius 2 is 1.80 bits per heavy atom. The third-order valence-electron chi connectivity index (χ3n) is 4.13. The summed E-state index contributed by atoms with van der Waals surface area (Å²) in [7, 11) is -1.61. The van der Waals surface area contributed by atoms with Crippen LogP contribution in [0.1, 0.15) is 0 Å². The Morgan fingerprint density at radius 3 is 2.36 bits per heavy atom. The third kappa shape index (κ3) is 5.59. The first kappa shape index (κ1) is 20.5. The first-order chi connectivity index (χ1) is 11.8. The molecule has 6 nitrogen and oxygen atoms in total. The molecule has 1 aromatic carbocycles. The summed E-state index contributed by atoms with van der Waals surface area (Å²) in [4.78, 5) is 16.3. The number of carbonyl (C=O) groups excluding carboxylic acids is 1. The monoisotopic (exact) mass is 405 g/mol. The van der Waals surface area contributed by atoms with Crippen LogP contribution < -0.4 is 0 Å². The van der Waals surface area contributed by atoms with E-state index in [0.717, 1.165) is 12.3 Å². The van der Waals surface area contributed by atoms with Crippen LogP contribution >= 0.6 is 23.4 Å². The zero-order chi connectivity index (χ0) is 18.4. The van der Waals surface area contributed by atoms with Crippen LogP contribution in [0.2, 0.25) is 5.02 Å². The van der Waals surface area contributed by atoms with Crippen molar-refractivity contribution in [2.75, 3.05) is 58.3 Å². The van der Waals surface area contributed by atoms with Crippen LogP contribution in [0.4, 0.5) is 0 Å². The molecule has 0 bridgehead atoms. The molecule has 1 heterocycles. The van der Waals surface area contributed by atoms with Crippen LogP contribution in [0, 0.1) is 0 Å². The highest BCUT2D eigenvalue weighted by molar-refractivity contribution is 7.98. The normalized spacial score (nSPS) is 16.4. The van der Waals surface area contributed by atoms with Gasteiger partial charge in [-0.2, -0.15) is 16.1 Å². The Kier molecular flexibility index (Phi) is 7.57. The highest BCUT2D eigenvalue weighted by Crippen LogP contribution is 2.19. The zero-order valence-corrected chi connectivity index (χ0v) is 16.9. The molecular formula is C16H24ClN3O3S2. The lowest BCUT2D eigenvalue weighted by molar-refractivity contribution is -0.133. The number of halogens is 1. The second-order valence-electron chi connectivity index (χ2n) is 5.97. The molecule has 1 fully saturated rings. The smallest absolute Gasteiger partial charge is 0.243 e. The number of rotatable bonds is 7. The minimum Gasteiger partial charge on any atom is -0.339 e. The summed E-state index contributed by atoms with van der Waals surface area (Å²) in [5.74, 6) is 1.03. The lowest BCUT2D eigenvalue weighted by atomic mass is 10.3. The van der Waals surface area contributed by atoms with Gasteiger partial charge in [0.2, 0.25) is 15.9 Å². The van der Waals surface area contributed by atoms with Gasteiger partial charge in [-0.1, -0.05) is 11.6 Å². The minimum atomic E-state index is -3.54. The van der Waals surface area contributed by atoms with E-state index in [1.807, 2.05) is 18.2 Å². The highest BCUT2D eigenvalue weighted by Gasteiger charge is 2.30. The van der Waals surface area contributed by atoms with Gasteiger partial charge in [0.05, 0.1) is 11.4 Å². The molecule has 0 aromatic heterocycles. The quantitative estimate of drug-likeness (QED) is 0.687. The van der Waals surface area contributed by atoms with Gasteiger partial charge in [0.15, 0.2) is 0 Å². The van der Waals surface area contributed by atoms with Gasteiger partial charge in [-0.25, -0.2) is 8.42 Å². The minimum absolute atomic E-state index is 0.0483. The first-order valence-corrected chi connectivity index (χ1v) is 11.3. The lowest BCUT2D eigenvalue weighted by Crippen LogP contribution is -2.52. The lowest BCUT2D eigenvalue weighted by Gasteiger charge is -2.34. The molecule has 0 unspecified atom stereocenters. The van der Waals surface area contributed by atoms with Gasteiger partial charge in [0.1, 0.15) is 0 Å². The molecule has 140 valence electrons. The number of sulfonamides is 1. The van der Waals surface area contributed by atoms with Crippen LogP contribution in [-0.2, 0) is 14.8 Å². The largest absolute Gasteiger partial charge is 0.339 e. The Balaban J connectivity index is 1.90. The number of thioether (sulfide) groups is 1. The molecule has 1 aliphatic heterocycles. The fourth-order valence-corrected chi connectivity index (χ4v) is 4.63. The van der Waals surface area contributed by atoms with Crippen LogP contribution in [0.25, 0.3) is 0 Å². The molecule has 1 aliphatic rings. The van der Waals surface area contributed by atoms with Crippen molar-refractivity contribution in [3.63, 3.8) is 0 Å². The molecule has 1 aromatic rings. The Morgan fingerprint density at radius 1 is 1.20 bits per heavy atom. The van der Waals surface area contributed by atoms with E-state index >= 15 is 0 Å². The number of piperazine rings is 1. The standard InChI is InChI=1S/C16H24ClN3O3S2/c1-18(11-12-24-2)13-16(21)19-7-9-20(10-8-19)25(22,23)15-5-3-14(17)4-6-15/h3-6H,7-13H2,1-2H3. The number of nitrogens with zero attached hydrogens (tertiary/aromatic N) is 3. The molecule has 0 spiro atoms. The van der Waals surface area contributed by atoms with Crippen molar-refractivity contribution in [3.05, 3.63) is 29.3 Å². The number of amides is 1. The first-order valence-electron chi connectivity index (χ1n) is 8.05. The van der Waals surface area contributed by atoms with E-state index in [1.165, 1.54) is 16.4 Å². The summed E-state index contributed by atoms with van der Waals surface area (Å²) in [6.45, 7) is 2.68. The summed E-state index contributed by atoms with van der Waals surface area (Å²) in [5, 5.41) is 0.500. The van der Waals surface area contributed by atoms with Gasteiger partial charge in [-0.3, -0.25) is 9.69 Å². The Hall–Kier alpha value is -0.800. The molecule has 0 atom stereocenters. The van der Waals surface area contributed by atoms with Crippen molar-refractivity contribution in [2.24, 2.45) is 0 Å². The predicted octanol–water partition coefficient (Wildman–Crippen LogP) is 1.47. The van der Waals surface area contributed by atoms with Crippen LogP contribution in [0.3, 0.4) is 0 Å². The van der Waals surface area contributed by atoms with E-state index in [4.69, 9.17) is 11.6 Å². The number of benzene rings is 1. The SMILES string of the molecule is CSCCN(C)CC(=O)N1CCN(S(=O)(=O)c2ccc(Cl)cc2)CC1. The fourth-order valence-electron chi connectivity index (χ4n) is 2.59. The summed E-state index contributed by atoms with van der Waals surface area (Å²) in [5.41, 5.74) is 0. The van der Waals surface area contributed by atoms with Crippen LogP contribution in [0.15, 0.2) is 29.2 Å². The molecule has 0 N–H and O–H groups in total.